The van der Waals surface area contributed by atoms with Crippen LogP contribution in [0.4, 0.5) is 5.69 Å². The lowest BCUT2D eigenvalue weighted by atomic mass is 9.96. The summed E-state index contributed by atoms with van der Waals surface area (Å²) in [6.07, 6.45) is 7.23. The van der Waals surface area contributed by atoms with Crippen molar-refractivity contribution in [1.29, 1.82) is 5.26 Å². The number of rotatable bonds is 4. The lowest BCUT2D eigenvalue weighted by molar-refractivity contribution is -0.112. The Morgan fingerprint density at radius 2 is 2.00 bits per heavy atom. The third-order valence-electron chi connectivity index (χ3n) is 3.63. The number of anilines is 1. The van der Waals surface area contributed by atoms with E-state index in [9.17, 15) is 4.79 Å². The third-order valence-corrected chi connectivity index (χ3v) is 4.45. The summed E-state index contributed by atoms with van der Waals surface area (Å²) in [6.45, 7) is 0. The zero-order chi connectivity index (χ0) is 15.9. The molecule has 1 aromatic carbocycles. The van der Waals surface area contributed by atoms with Crippen molar-refractivity contribution >= 4 is 34.8 Å². The lowest BCUT2D eigenvalue weighted by Crippen LogP contribution is -2.28. The van der Waals surface area contributed by atoms with Crippen molar-refractivity contribution in [2.24, 2.45) is 0 Å². The quantitative estimate of drug-likeness (QED) is 0.637. The Labute approximate surface area is 140 Å². The maximum Gasteiger partial charge on any atom is 0.267 e. The molecule has 0 unspecified atom stereocenters. The highest BCUT2D eigenvalue weighted by molar-refractivity contribution is 6.44. The van der Waals surface area contributed by atoms with E-state index in [1.165, 1.54) is 25.5 Å². The van der Waals surface area contributed by atoms with Gasteiger partial charge in [0.2, 0.25) is 0 Å². The number of carbonyl (C=O) groups excluding carboxylic acids is 1. The molecule has 22 heavy (non-hydrogen) atoms. The first kappa shape index (κ1) is 16.7. The average Bonchev–Trinajstić information content (AvgIpc) is 2.53. The Balaban J connectivity index is 2.02. The molecule has 1 fully saturated rings. The normalized spacial score (nSPS) is 16.0. The van der Waals surface area contributed by atoms with Crippen molar-refractivity contribution in [1.82, 2.24) is 5.32 Å². The van der Waals surface area contributed by atoms with Crippen LogP contribution in [0.2, 0.25) is 10.0 Å². The van der Waals surface area contributed by atoms with Crippen molar-refractivity contribution in [3.05, 3.63) is 40.0 Å². The number of hydrogen-bond donors (Lipinski definition) is 2. The smallest absolute Gasteiger partial charge is 0.267 e. The summed E-state index contributed by atoms with van der Waals surface area (Å²) < 4.78 is 0. The molecular weight excluding hydrogens is 321 g/mol. The predicted octanol–water partition coefficient (Wildman–Crippen LogP) is 4.26. The Morgan fingerprint density at radius 1 is 1.27 bits per heavy atom. The van der Waals surface area contributed by atoms with E-state index < -0.39 is 5.91 Å². The molecule has 6 heteroatoms. The first-order valence-electron chi connectivity index (χ1n) is 7.23. The largest absolute Gasteiger partial charge is 0.387 e. The van der Waals surface area contributed by atoms with Crippen LogP contribution in [0.3, 0.4) is 0 Å². The maximum absolute atomic E-state index is 12.1. The number of hydrogen-bond acceptors (Lipinski definition) is 3. The molecule has 0 atom stereocenters. The molecule has 0 bridgehead atoms. The number of amides is 1. The molecule has 1 amide bonds. The van der Waals surface area contributed by atoms with Gasteiger partial charge in [-0.05, 0) is 25.0 Å². The van der Waals surface area contributed by atoms with Crippen LogP contribution >= 0.6 is 23.2 Å². The number of nitrogens with one attached hydrogen (secondary N) is 2. The summed E-state index contributed by atoms with van der Waals surface area (Å²) in [5.74, 6) is -0.505. The molecule has 2 rings (SSSR count). The maximum atomic E-state index is 12.1. The highest BCUT2D eigenvalue weighted by Crippen LogP contribution is 2.29. The predicted molar refractivity (Wildman–Crippen MR) is 88.8 cm³/mol. The van der Waals surface area contributed by atoms with Gasteiger partial charge in [0.1, 0.15) is 11.6 Å². The molecular formula is C16H17Cl2N3O. The van der Waals surface area contributed by atoms with Gasteiger partial charge in [-0.25, -0.2) is 0 Å². The van der Waals surface area contributed by atoms with Crippen LogP contribution in [0, 0.1) is 11.3 Å². The Kier molecular flexibility index (Phi) is 6.11. The minimum Gasteiger partial charge on any atom is -0.387 e. The van der Waals surface area contributed by atoms with Gasteiger partial charge >= 0.3 is 0 Å². The SMILES string of the molecule is N#C/C(=C/NC1CCCCC1)C(=O)Nc1cccc(Cl)c1Cl. The highest BCUT2D eigenvalue weighted by Gasteiger charge is 2.15. The summed E-state index contributed by atoms with van der Waals surface area (Å²) in [7, 11) is 0. The number of nitrogens with zero attached hydrogens (tertiary/aromatic N) is 1. The van der Waals surface area contributed by atoms with Crippen molar-refractivity contribution in [3.63, 3.8) is 0 Å². The van der Waals surface area contributed by atoms with Crippen molar-refractivity contribution in [2.45, 2.75) is 38.1 Å². The molecule has 0 spiro atoms. The summed E-state index contributed by atoms with van der Waals surface area (Å²) in [5.41, 5.74) is 0.402. The fourth-order valence-electron chi connectivity index (χ4n) is 2.41. The minimum atomic E-state index is -0.505. The van der Waals surface area contributed by atoms with Crippen molar-refractivity contribution in [2.75, 3.05) is 5.32 Å². The zero-order valence-electron chi connectivity index (χ0n) is 12.0. The van der Waals surface area contributed by atoms with E-state index in [0.29, 0.717) is 16.8 Å². The topological polar surface area (TPSA) is 64.9 Å². The van der Waals surface area contributed by atoms with E-state index in [2.05, 4.69) is 10.6 Å². The molecule has 1 saturated carbocycles. The summed E-state index contributed by atoms with van der Waals surface area (Å²) in [6, 6.07) is 7.18. The molecule has 116 valence electrons. The van der Waals surface area contributed by atoms with Crippen LogP contribution in [0.5, 0.6) is 0 Å². The summed E-state index contributed by atoms with van der Waals surface area (Å²) >= 11 is 11.9. The molecule has 2 N–H and O–H groups in total. The van der Waals surface area contributed by atoms with Crippen molar-refractivity contribution < 1.29 is 4.79 Å². The van der Waals surface area contributed by atoms with E-state index in [-0.39, 0.29) is 10.6 Å². The fourth-order valence-corrected chi connectivity index (χ4v) is 2.76. The Morgan fingerprint density at radius 3 is 2.68 bits per heavy atom. The first-order chi connectivity index (χ1) is 10.6. The second-order valence-electron chi connectivity index (χ2n) is 5.23. The lowest BCUT2D eigenvalue weighted by Gasteiger charge is -2.21. The van der Waals surface area contributed by atoms with Gasteiger partial charge in [-0.3, -0.25) is 4.79 Å². The Hall–Kier alpha value is -1.70. The van der Waals surface area contributed by atoms with Gasteiger partial charge in [0.15, 0.2) is 0 Å². The molecule has 0 saturated heterocycles. The molecule has 0 aliphatic heterocycles. The van der Waals surface area contributed by atoms with E-state index in [4.69, 9.17) is 28.5 Å². The Bertz CT molecular complexity index is 616. The fraction of sp³-hybridized carbons (Fsp3) is 0.375. The van der Waals surface area contributed by atoms with Crippen LogP contribution in [0.1, 0.15) is 32.1 Å². The molecule has 0 aromatic heterocycles. The summed E-state index contributed by atoms with van der Waals surface area (Å²) in [4.78, 5) is 12.1. The zero-order valence-corrected chi connectivity index (χ0v) is 13.5. The number of halogens is 2. The standard InChI is InChI=1S/C16H17Cl2N3O/c17-13-7-4-8-14(15(13)18)21-16(22)11(9-19)10-20-12-5-2-1-3-6-12/h4,7-8,10,12,20H,1-3,5-6H2,(H,21,22)/b11-10-. The number of nitriles is 1. The van der Waals surface area contributed by atoms with E-state index in [0.717, 1.165) is 12.8 Å². The van der Waals surface area contributed by atoms with Gasteiger partial charge in [0, 0.05) is 12.2 Å². The highest BCUT2D eigenvalue weighted by atomic mass is 35.5. The molecule has 4 nitrogen and oxygen atoms in total. The second-order valence-corrected chi connectivity index (χ2v) is 6.01. The minimum absolute atomic E-state index is 0.0154. The van der Waals surface area contributed by atoms with Gasteiger partial charge in [0.25, 0.3) is 5.91 Å². The number of benzene rings is 1. The number of carbonyl (C=O) groups is 1. The van der Waals surface area contributed by atoms with Gasteiger partial charge in [-0.1, -0.05) is 48.5 Å². The van der Waals surface area contributed by atoms with Crippen LogP contribution in [0.25, 0.3) is 0 Å². The first-order valence-corrected chi connectivity index (χ1v) is 7.99. The molecule has 0 heterocycles. The van der Waals surface area contributed by atoms with E-state index in [1.54, 1.807) is 18.2 Å². The summed E-state index contributed by atoms with van der Waals surface area (Å²) in [5, 5.41) is 15.5. The molecule has 1 aliphatic carbocycles. The van der Waals surface area contributed by atoms with Gasteiger partial charge in [-0.2, -0.15) is 5.26 Å². The van der Waals surface area contributed by atoms with E-state index >= 15 is 0 Å². The third kappa shape index (κ3) is 4.40. The average molecular weight is 338 g/mol. The monoisotopic (exact) mass is 337 g/mol. The van der Waals surface area contributed by atoms with Crippen LogP contribution in [-0.4, -0.2) is 11.9 Å². The molecule has 0 radical (unpaired) electrons. The van der Waals surface area contributed by atoms with Crippen molar-refractivity contribution in [3.8, 4) is 6.07 Å². The molecule has 1 aromatic rings. The van der Waals surface area contributed by atoms with Crippen LogP contribution in [0.15, 0.2) is 30.0 Å². The second kappa shape index (κ2) is 8.07. The van der Waals surface area contributed by atoms with Crippen LogP contribution < -0.4 is 10.6 Å². The van der Waals surface area contributed by atoms with Gasteiger partial charge in [-0.15, -0.1) is 0 Å². The van der Waals surface area contributed by atoms with Gasteiger partial charge < -0.3 is 10.6 Å². The van der Waals surface area contributed by atoms with Gasteiger partial charge in [0.05, 0.1) is 15.7 Å². The van der Waals surface area contributed by atoms with Crippen LogP contribution in [-0.2, 0) is 4.79 Å². The van der Waals surface area contributed by atoms with E-state index in [1.807, 2.05) is 6.07 Å². The molecule has 1 aliphatic rings.